The monoisotopic (exact) mass is 616 g/mol. The smallest absolute Gasteiger partial charge is 0.167 e. The van der Waals surface area contributed by atoms with Gasteiger partial charge in [0, 0.05) is 31.4 Å². The molecule has 9 nitrogen and oxygen atoms in total. The van der Waals surface area contributed by atoms with Gasteiger partial charge in [0.25, 0.3) is 0 Å². The fourth-order valence-electron chi connectivity index (χ4n) is 6.65. The average molecular weight is 617 g/mol. The van der Waals surface area contributed by atoms with Gasteiger partial charge < -0.3 is 19.8 Å². The molecule has 6 aromatic rings. The molecule has 4 heterocycles. The van der Waals surface area contributed by atoms with E-state index in [9.17, 15) is 14.6 Å². The normalized spacial score (nSPS) is 19.8. The van der Waals surface area contributed by atoms with Gasteiger partial charge >= 0.3 is 0 Å². The number of aliphatic hydroxyl groups is 2. The summed E-state index contributed by atoms with van der Waals surface area (Å²) in [5.74, 6) is 0.235. The lowest BCUT2D eigenvalue weighted by molar-refractivity contribution is -0.0403. The second kappa shape index (κ2) is 12.4. The van der Waals surface area contributed by atoms with Crippen molar-refractivity contribution < 1.29 is 19.3 Å². The Kier molecular flexibility index (Phi) is 8.00. The topological polar surface area (TPSA) is 109 Å². The van der Waals surface area contributed by atoms with Crippen LogP contribution in [-0.4, -0.2) is 60.1 Å². The molecule has 1 saturated heterocycles. The van der Waals surface area contributed by atoms with Crippen LogP contribution in [0.5, 0.6) is 0 Å². The maximum absolute atomic E-state index is 13.8. The molecule has 0 radical (unpaired) electrons. The molecule has 0 bridgehead atoms. The van der Waals surface area contributed by atoms with Gasteiger partial charge in [-0.1, -0.05) is 72.8 Å². The van der Waals surface area contributed by atoms with Crippen LogP contribution >= 0.6 is 0 Å². The molecule has 7 rings (SSSR count). The molecule has 4 atom stereocenters. The third-order valence-corrected chi connectivity index (χ3v) is 8.83. The van der Waals surface area contributed by atoms with Crippen LogP contribution in [0.3, 0.4) is 0 Å². The largest absolute Gasteiger partial charge is 0.388 e. The van der Waals surface area contributed by atoms with E-state index < -0.39 is 30.0 Å². The number of hydrogen-bond donors (Lipinski definition) is 2. The van der Waals surface area contributed by atoms with Crippen LogP contribution in [0, 0.1) is 5.82 Å². The molecule has 10 heteroatoms. The maximum Gasteiger partial charge on any atom is 0.167 e. The van der Waals surface area contributed by atoms with Gasteiger partial charge in [0.15, 0.2) is 23.2 Å². The van der Waals surface area contributed by atoms with Gasteiger partial charge in [0.05, 0.1) is 12.4 Å². The molecule has 0 amide bonds. The van der Waals surface area contributed by atoms with Crippen molar-refractivity contribution in [3.63, 3.8) is 0 Å². The third kappa shape index (κ3) is 5.30. The minimum Gasteiger partial charge on any atom is -0.388 e. The standard InChI is InChI=1S/C36H33FN6O3/c1-42(21-24-9-8-14-28(37)19-24)33-30-34(40-22-39-33)43(23-41-30)35-32(45)31(44)29(46-35)20-36(25-10-4-2-5-11-25,26-12-6-3-7-13-26)27-15-17-38-18-16-27/h2-19,22-23,29,31-32,35,44-45H,20-21H2,1H3/t29-,31-,32-,35-/m1/s1. The molecule has 1 fully saturated rings. The first kappa shape index (κ1) is 29.7. The van der Waals surface area contributed by atoms with Crippen LogP contribution in [0.4, 0.5) is 10.2 Å². The van der Waals surface area contributed by atoms with Crippen molar-refractivity contribution >= 4 is 17.0 Å². The number of pyridine rings is 1. The second-order valence-electron chi connectivity index (χ2n) is 11.6. The number of hydrogen-bond acceptors (Lipinski definition) is 8. The third-order valence-electron chi connectivity index (χ3n) is 8.83. The summed E-state index contributed by atoms with van der Waals surface area (Å²) in [7, 11) is 1.85. The first-order valence-corrected chi connectivity index (χ1v) is 15.1. The summed E-state index contributed by atoms with van der Waals surface area (Å²) in [6.07, 6.45) is 2.66. The predicted molar refractivity (Wildman–Crippen MR) is 171 cm³/mol. The van der Waals surface area contributed by atoms with E-state index in [1.807, 2.05) is 66.5 Å². The molecule has 1 aliphatic heterocycles. The first-order chi connectivity index (χ1) is 22.5. The average Bonchev–Trinajstić information content (AvgIpc) is 3.64. The van der Waals surface area contributed by atoms with E-state index in [1.165, 1.54) is 18.5 Å². The second-order valence-corrected chi connectivity index (χ2v) is 11.6. The van der Waals surface area contributed by atoms with Gasteiger partial charge in [0.1, 0.15) is 24.4 Å². The number of aliphatic hydroxyl groups excluding tert-OH is 2. The lowest BCUT2D eigenvalue weighted by Gasteiger charge is -2.38. The Labute approximate surface area is 265 Å². The van der Waals surface area contributed by atoms with Crippen molar-refractivity contribution in [2.24, 2.45) is 0 Å². The Morgan fingerprint density at radius 1 is 0.826 bits per heavy atom. The van der Waals surface area contributed by atoms with E-state index in [4.69, 9.17) is 4.74 Å². The summed E-state index contributed by atoms with van der Waals surface area (Å²) in [6, 6.07) is 30.6. The molecule has 1 aliphatic rings. The summed E-state index contributed by atoms with van der Waals surface area (Å²) in [5, 5.41) is 23.0. The zero-order valence-electron chi connectivity index (χ0n) is 25.1. The van der Waals surface area contributed by atoms with Crippen molar-refractivity contribution in [2.45, 2.75) is 42.9 Å². The Bertz CT molecular complexity index is 1830. The number of halogens is 1. The van der Waals surface area contributed by atoms with Crippen LogP contribution in [0.2, 0.25) is 0 Å². The van der Waals surface area contributed by atoms with Crippen LogP contribution in [0.25, 0.3) is 11.2 Å². The lowest BCUT2D eigenvalue weighted by atomic mass is 9.66. The summed E-state index contributed by atoms with van der Waals surface area (Å²) in [4.78, 5) is 19.6. The van der Waals surface area contributed by atoms with Crippen LogP contribution < -0.4 is 4.90 Å². The number of imidazole rings is 1. The molecule has 3 aromatic carbocycles. The zero-order valence-corrected chi connectivity index (χ0v) is 25.1. The fourth-order valence-corrected chi connectivity index (χ4v) is 6.65. The number of benzene rings is 3. The predicted octanol–water partition coefficient (Wildman–Crippen LogP) is 5.04. The van der Waals surface area contributed by atoms with E-state index >= 15 is 0 Å². The highest BCUT2D eigenvalue weighted by atomic mass is 19.1. The molecule has 0 spiro atoms. The molecular weight excluding hydrogens is 583 g/mol. The van der Waals surface area contributed by atoms with E-state index in [0.717, 1.165) is 22.3 Å². The number of ether oxygens (including phenoxy) is 1. The highest BCUT2D eigenvalue weighted by molar-refractivity contribution is 5.83. The molecule has 0 unspecified atom stereocenters. The Morgan fingerprint density at radius 2 is 1.50 bits per heavy atom. The molecule has 0 aliphatic carbocycles. The summed E-state index contributed by atoms with van der Waals surface area (Å²) >= 11 is 0. The van der Waals surface area contributed by atoms with Gasteiger partial charge in [-0.2, -0.15) is 0 Å². The van der Waals surface area contributed by atoms with Gasteiger partial charge in [-0.3, -0.25) is 9.55 Å². The molecule has 0 saturated carbocycles. The van der Waals surface area contributed by atoms with Gasteiger partial charge in [0.2, 0.25) is 0 Å². The molecular formula is C36H33FN6O3. The minimum absolute atomic E-state index is 0.309. The van der Waals surface area contributed by atoms with Gasteiger partial charge in [-0.15, -0.1) is 0 Å². The fraction of sp³-hybridized carbons (Fsp3) is 0.222. The lowest BCUT2D eigenvalue weighted by Crippen LogP contribution is -2.39. The highest BCUT2D eigenvalue weighted by Crippen LogP contribution is 2.46. The van der Waals surface area contributed by atoms with Crippen molar-refractivity contribution in [3.05, 3.63) is 150 Å². The highest BCUT2D eigenvalue weighted by Gasteiger charge is 2.49. The van der Waals surface area contributed by atoms with Crippen molar-refractivity contribution in [3.8, 4) is 0 Å². The Hall–Kier alpha value is -5.03. The van der Waals surface area contributed by atoms with Crippen molar-refractivity contribution in [2.75, 3.05) is 11.9 Å². The maximum atomic E-state index is 13.8. The molecule has 46 heavy (non-hydrogen) atoms. The molecule has 232 valence electrons. The summed E-state index contributed by atoms with van der Waals surface area (Å²) in [6.45, 7) is 0.399. The summed E-state index contributed by atoms with van der Waals surface area (Å²) < 4.78 is 22.0. The zero-order chi connectivity index (χ0) is 31.7. The number of anilines is 1. The SMILES string of the molecule is CN(Cc1cccc(F)c1)c1ncnc2c1ncn2[C@@H]1O[C@H](CC(c2ccccc2)(c2ccccc2)c2ccncc2)[C@@H](O)[C@H]1O. The van der Waals surface area contributed by atoms with E-state index in [1.54, 1.807) is 29.4 Å². The van der Waals surface area contributed by atoms with Crippen LogP contribution in [0.1, 0.15) is 34.9 Å². The van der Waals surface area contributed by atoms with Crippen molar-refractivity contribution in [1.29, 1.82) is 0 Å². The Morgan fingerprint density at radius 3 is 2.17 bits per heavy atom. The summed E-state index contributed by atoms with van der Waals surface area (Å²) in [5.41, 5.74) is 4.02. The first-order valence-electron chi connectivity index (χ1n) is 15.1. The van der Waals surface area contributed by atoms with Crippen LogP contribution in [0.15, 0.2) is 122 Å². The number of rotatable bonds is 9. The van der Waals surface area contributed by atoms with E-state index in [0.29, 0.717) is 29.9 Å². The number of nitrogens with zero attached hydrogens (tertiary/aromatic N) is 6. The molecule has 2 N–H and O–H groups in total. The molecule has 3 aromatic heterocycles. The Balaban J connectivity index is 1.24. The van der Waals surface area contributed by atoms with Gasteiger partial charge in [-0.25, -0.2) is 19.3 Å². The van der Waals surface area contributed by atoms with Crippen LogP contribution in [-0.2, 0) is 16.7 Å². The number of fused-ring (bicyclic) bond motifs is 1. The van der Waals surface area contributed by atoms with Gasteiger partial charge in [-0.05, 0) is 52.9 Å². The van der Waals surface area contributed by atoms with Crippen molar-refractivity contribution in [1.82, 2.24) is 24.5 Å². The minimum atomic E-state index is -1.26. The van der Waals surface area contributed by atoms with E-state index in [2.05, 4.69) is 44.2 Å². The van der Waals surface area contributed by atoms with E-state index in [-0.39, 0.29) is 5.82 Å². The number of aromatic nitrogens is 5. The quantitative estimate of drug-likeness (QED) is 0.233.